The molecule has 0 radical (unpaired) electrons. The Hall–Kier alpha value is -3.81. The van der Waals surface area contributed by atoms with Gasteiger partial charge in [-0.3, -0.25) is 14.5 Å². The van der Waals surface area contributed by atoms with E-state index in [1.807, 2.05) is 58.0 Å². The molecule has 37 heavy (non-hydrogen) atoms. The van der Waals surface area contributed by atoms with Gasteiger partial charge in [0, 0.05) is 25.6 Å². The molecule has 0 fully saturated rings. The molecule has 1 atom stereocenters. The molecule has 8 nitrogen and oxygen atoms in total. The largest absolute Gasteiger partial charge is 0.508 e. The normalized spacial score (nSPS) is 12.4. The van der Waals surface area contributed by atoms with Gasteiger partial charge in [-0.05, 0) is 74.1 Å². The molecule has 200 valence electrons. The Bertz CT molecular complexity index is 1100. The van der Waals surface area contributed by atoms with Crippen molar-refractivity contribution < 1.29 is 24.6 Å². The number of amides is 3. The maximum Gasteiger partial charge on any atom is 0.407 e. The summed E-state index contributed by atoms with van der Waals surface area (Å²) < 4.78 is 0. The Labute approximate surface area is 219 Å². The average Bonchev–Trinajstić information content (AvgIpc) is 2.80. The molecule has 0 spiro atoms. The van der Waals surface area contributed by atoms with Crippen LogP contribution in [-0.4, -0.2) is 57.7 Å². The lowest BCUT2D eigenvalue weighted by Crippen LogP contribution is -2.58. The van der Waals surface area contributed by atoms with Gasteiger partial charge in [0.05, 0.1) is 5.54 Å². The number of carboxylic acid groups (broad SMARTS) is 1. The number of benzene rings is 2. The molecule has 0 heterocycles. The molecule has 0 unspecified atom stereocenters. The first-order chi connectivity index (χ1) is 17.3. The first-order valence-corrected chi connectivity index (χ1v) is 12.4. The standard InChI is InChI=1S/C29H39N3O5/c1-19(2)17-32(28(36)37)25(16-24-20(3)14-23(33)15-21(24)4)27(35)31-29(5,6)18-30-26(34)13-12-22-10-8-7-9-11-22/h7-15,19,25,33H,16-18H2,1-6H3,(H,30,34)(H,31,35)(H,36,37)/t25-/m0/s1. The Morgan fingerprint density at radius 2 is 1.65 bits per heavy atom. The summed E-state index contributed by atoms with van der Waals surface area (Å²) in [5.74, 6) is -0.619. The van der Waals surface area contributed by atoms with E-state index in [0.29, 0.717) is 0 Å². The van der Waals surface area contributed by atoms with Crippen LogP contribution in [0.5, 0.6) is 5.75 Å². The first-order valence-electron chi connectivity index (χ1n) is 12.4. The number of rotatable bonds is 11. The number of phenols is 1. The van der Waals surface area contributed by atoms with Gasteiger partial charge in [0.15, 0.2) is 0 Å². The number of carbonyl (C=O) groups excluding carboxylic acids is 2. The van der Waals surface area contributed by atoms with Gasteiger partial charge in [-0.15, -0.1) is 0 Å². The lowest BCUT2D eigenvalue weighted by atomic mass is 9.93. The third kappa shape index (κ3) is 9.29. The molecule has 0 aliphatic heterocycles. The summed E-state index contributed by atoms with van der Waals surface area (Å²) in [7, 11) is 0. The number of aryl methyl sites for hydroxylation is 2. The first kappa shape index (κ1) is 29.4. The zero-order valence-electron chi connectivity index (χ0n) is 22.5. The van der Waals surface area contributed by atoms with E-state index in [2.05, 4.69) is 10.6 Å². The molecule has 4 N–H and O–H groups in total. The van der Waals surface area contributed by atoms with Crippen molar-refractivity contribution in [2.24, 2.45) is 5.92 Å². The lowest BCUT2D eigenvalue weighted by Gasteiger charge is -2.34. The monoisotopic (exact) mass is 509 g/mol. The van der Waals surface area contributed by atoms with Crippen molar-refractivity contribution in [1.29, 1.82) is 0 Å². The van der Waals surface area contributed by atoms with E-state index in [-0.39, 0.29) is 37.1 Å². The predicted octanol–water partition coefficient (Wildman–Crippen LogP) is 4.28. The molecule has 0 saturated carbocycles. The number of phenolic OH excluding ortho intramolecular Hbond substituents is 1. The summed E-state index contributed by atoms with van der Waals surface area (Å²) >= 11 is 0. The Morgan fingerprint density at radius 1 is 1.05 bits per heavy atom. The van der Waals surface area contributed by atoms with Gasteiger partial charge < -0.3 is 20.8 Å². The van der Waals surface area contributed by atoms with Gasteiger partial charge in [-0.25, -0.2) is 4.79 Å². The fourth-order valence-electron chi connectivity index (χ4n) is 4.13. The van der Waals surface area contributed by atoms with Gasteiger partial charge in [0.1, 0.15) is 11.8 Å². The SMILES string of the molecule is Cc1cc(O)cc(C)c1C[C@@H](C(=O)NC(C)(C)CNC(=O)C=Cc1ccccc1)N(CC(C)C)C(=O)O. The number of aromatic hydroxyl groups is 1. The molecule has 0 bridgehead atoms. The second-order valence-corrected chi connectivity index (χ2v) is 10.4. The van der Waals surface area contributed by atoms with Crippen LogP contribution < -0.4 is 10.6 Å². The topological polar surface area (TPSA) is 119 Å². The summed E-state index contributed by atoms with van der Waals surface area (Å²) in [6.45, 7) is 11.3. The summed E-state index contributed by atoms with van der Waals surface area (Å²) in [5.41, 5.74) is 2.42. The number of hydrogen-bond acceptors (Lipinski definition) is 4. The Morgan fingerprint density at radius 3 is 2.19 bits per heavy atom. The van der Waals surface area contributed by atoms with Crippen molar-refractivity contribution in [1.82, 2.24) is 15.5 Å². The molecule has 2 aromatic carbocycles. The molecule has 8 heteroatoms. The highest BCUT2D eigenvalue weighted by Crippen LogP contribution is 2.24. The molecular formula is C29H39N3O5. The summed E-state index contributed by atoms with van der Waals surface area (Å²) in [5, 5.41) is 25.6. The summed E-state index contributed by atoms with van der Waals surface area (Å²) in [6.07, 6.45) is 2.11. The van der Waals surface area contributed by atoms with Crippen LogP contribution in [0.3, 0.4) is 0 Å². The smallest absolute Gasteiger partial charge is 0.407 e. The van der Waals surface area contributed by atoms with E-state index in [4.69, 9.17) is 0 Å². The molecule has 2 rings (SSSR count). The molecule has 0 saturated heterocycles. The van der Waals surface area contributed by atoms with E-state index in [0.717, 1.165) is 22.3 Å². The molecular weight excluding hydrogens is 470 g/mol. The molecule has 2 aromatic rings. The minimum atomic E-state index is -1.18. The van der Waals surface area contributed by atoms with E-state index < -0.39 is 23.6 Å². The Kier molecular flexibility index (Phi) is 10.3. The summed E-state index contributed by atoms with van der Waals surface area (Å²) in [6, 6.07) is 11.7. The van der Waals surface area contributed by atoms with E-state index in [1.165, 1.54) is 11.0 Å². The van der Waals surface area contributed by atoms with Gasteiger partial charge in [0.2, 0.25) is 11.8 Å². The van der Waals surface area contributed by atoms with Crippen molar-refractivity contribution in [3.63, 3.8) is 0 Å². The summed E-state index contributed by atoms with van der Waals surface area (Å²) in [4.78, 5) is 39.2. The van der Waals surface area contributed by atoms with Crippen molar-refractivity contribution in [3.8, 4) is 5.75 Å². The number of nitrogens with one attached hydrogen (secondary N) is 2. The maximum absolute atomic E-state index is 13.5. The van der Waals surface area contributed by atoms with Crippen LogP contribution in [-0.2, 0) is 16.0 Å². The van der Waals surface area contributed by atoms with Crippen LogP contribution in [0, 0.1) is 19.8 Å². The van der Waals surface area contributed by atoms with E-state index >= 15 is 0 Å². The molecule has 3 amide bonds. The fourth-order valence-corrected chi connectivity index (χ4v) is 4.13. The van der Waals surface area contributed by atoms with Gasteiger partial charge in [-0.1, -0.05) is 44.2 Å². The van der Waals surface area contributed by atoms with Crippen LogP contribution in [0.2, 0.25) is 0 Å². The average molecular weight is 510 g/mol. The zero-order chi connectivity index (χ0) is 27.8. The Balaban J connectivity index is 2.20. The van der Waals surface area contributed by atoms with Crippen molar-refractivity contribution in [2.75, 3.05) is 13.1 Å². The van der Waals surface area contributed by atoms with Gasteiger partial charge in [0.25, 0.3) is 0 Å². The minimum absolute atomic E-state index is 0.0112. The number of nitrogens with zero attached hydrogens (tertiary/aromatic N) is 1. The van der Waals surface area contributed by atoms with Crippen molar-refractivity contribution >= 4 is 24.0 Å². The molecule has 0 aliphatic carbocycles. The van der Waals surface area contributed by atoms with Crippen LogP contribution in [0.1, 0.15) is 49.9 Å². The van der Waals surface area contributed by atoms with Crippen LogP contribution in [0.15, 0.2) is 48.5 Å². The fraction of sp³-hybridized carbons (Fsp3) is 0.414. The van der Waals surface area contributed by atoms with E-state index in [1.54, 1.807) is 32.1 Å². The predicted molar refractivity (Wildman–Crippen MR) is 145 cm³/mol. The van der Waals surface area contributed by atoms with Crippen LogP contribution in [0.4, 0.5) is 4.79 Å². The van der Waals surface area contributed by atoms with Gasteiger partial charge in [-0.2, -0.15) is 0 Å². The number of carbonyl (C=O) groups is 3. The molecule has 0 aromatic heterocycles. The maximum atomic E-state index is 13.5. The highest BCUT2D eigenvalue weighted by molar-refractivity contribution is 5.92. The number of hydrogen-bond donors (Lipinski definition) is 4. The van der Waals surface area contributed by atoms with Crippen molar-refractivity contribution in [2.45, 2.75) is 59.5 Å². The third-order valence-electron chi connectivity index (χ3n) is 5.96. The quantitative estimate of drug-likeness (QED) is 0.337. The second-order valence-electron chi connectivity index (χ2n) is 10.4. The van der Waals surface area contributed by atoms with Crippen LogP contribution >= 0.6 is 0 Å². The zero-order valence-corrected chi connectivity index (χ0v) is 22.5. The highest BCUT2D eigenvalue weighted by Gasteiger charge is 2.34. The van der Waals surface area contributed by atoms with Crippen molar-refractivity contribution in [3.05, 3.63) is 70.8 Å². The lowest BCUT2D eigenvalue weighted by molar-refractivity contribution is -0.128. The van der Waals surface area contributed by atoms with Gasteiger partial charge >= 0.3 is 6.09 Å². The van der Waals surface area contributed by atoms with E-state index in [9.17, 15) is 24.6 Å². The third-order valence-corrected chi connectivity index (χ3v) is 5.96. The second kappa shape index (κ2) is 12.9. The van der Waals surface area contributed by atoms with Crippen LogP contribution in [0.25, 0.3) is 6.08 Å². The minimum Gasteiger partial charge on any atom is -0.508 e. The highest BCUT2D eigenvalue weighted by atomic mass is 16.4. The molecule has 0 aliphatic rings.